The van der Waals surface area contributed by atoms with E-state index in [4.69, 9.17) is 0 Å². The third kappa shape index (κ3) is 4.86. The highest BCUT2D eigenvalue weighted by atomic mass is 15.5. The van der Waals surface area contributed by atoms with Crippen LogP contribution in [0.15, 0.2) is 60.7 Å². The molecule has 0 fully saturated rings. The lowest BCUT2D eigenvalue weighted by Crippen LogP contribution is -2.42. The molecule has 2 heteroatoms. The van der Waals surface area contributed by atoms with Crippen LogP contribution in [-0.2, 0) is 12.8 Å². The standard InChI is InChI=1S/C17H22N2/c1-19(2)18-17(13-15-9-5-3-6-10-15)14-16-11-7-4-8-12-16/h3-12,17-18H,13-14H2,1-2H3. The second kappa shape index (κ2) is 7.07. The van der Waals surface area contributed by atoms with E-state index in [2.05, 4.69) is 66.1 Å². The van der Waals surface area contributed by atoms with Crippen molar-refractivity contribution in [3.63, 3.8) is 0 Å². The van der Waals surface area contributed by atoms with Crippen LogP contribution in [0, 0.1) is 0 Å². The average molecular weight is 254 g/mol. The predicted octanol–water partition coefficient (Wildman–Crippen LogP) is 2.91. The molecule has 0 atom stereocenters. The second-order valence-corrected chi connectivity index (χ2v) is 5.10. The number of nitrogens with zero attached hydrogens (tertiary/aromatic N) is 1. The Balaban J connectivity index is 2.03. The molecule has 2 aromatic rings. The molecule has 0 heterocycles. The summed E-state index contributed by atoms with van der Waals surface area (Å²) in [5, 5.41) is 2.04. The van der Waals surface area contributed by atoms with E-state index in [0.717, 1.165) is 12.8 Å². The molecule has 0 saturated heterocycles. The smallest absolute Gasteiger partial charge is 0.0295 e. The maximum Gasteiger partial charge on any atom is 0.0295 e. The van der Waals surface area contributed by atoms with Crippen molar-refractivity contribution in [1.29, 1.82) is 0 Å². The molecule has 0 spiro atoms. The fourth-order valence-corrected chi connectivity index (χ4v) is 2.33. The Hall–Kier alpha value is -1.64. The van der Waals surface area contributed by atoms with Gasteiger partial charge in [0.15, 0.2) is 0 Å². The van der Waals surface area contributed by atoms with Gasteiger partial charge in [0.2, 0.25) is 0 Å². The van der Waals surface area contributed by atoms with E-state index in [1.165, 1.54) is 11.1 Å². The van der Waals surface area contributed by atoms with Gasteiger partial charge in [0, 0.05) is 20.1 Å². The number of hydrogen-bond donors (Lipinski definition) is 1. The van der Waals surface area contributed by atoms with E-state index in [9.17, 15) is 0 Å². The summed E-state index contributed by atoms with van der Waals surface area (Å²) in [7, 11) is 4.09. The minimum absolute atomic E-state index is 0.416. The molecule has 0 saturated carbocycles. The number of nitrogens with one attached hydrogen (secondary N) is 1. The molecular formula is C17H22N2. The molecule has 1 N–H and O–H groups in total. The third-order valence-electron chi connectivity index (χ3n) is 3.09. The summed E-state index contributed by atoms with van der Waals surface area (Å²) in [5.74, 6) is 0. The largest absolute Gasteiger partial charge is 0.252 e. The minimum atomic E-state index is 0.416. The van der Waals surface area contributed by atoms with E-state index < -0.39 is 0 Å². The Morgan fingerprint density at radius 3 is 1.58 bits per heavy atom. The van der Waals surface area contributed by atoms with Crippen LogP contribution in [0.5, 0.6) is 0 Å². The molecule has 0 aliphatic rings. The summed E-state index contributed by atoms with van der Waals surface area (Å²) >= 11 is 0. The summed E-state index contributed by atoms with van der Waals surface area (Å²) in [6, 6.07) is 21.7. The van der Waals surface area contributed by atoms with Gasteiger partial charge in [-0.3, -0.25) is 10.4 Å². The van der Waals surface area contributed by atoms with E-state index in [1.54, 1.807) is 0 Å². The first kappa shape index (κ1) is 13.8. The monoisotopic (exact) mass is 254 g/mol. The average Bonchev–Trinajstić information content (AvgIpc) is 2.40. The van der Waals surface area contributed by atoms with Crippen molar-refractivity contribution in [2.75, 3.05) is 14.1 Å². The molecule has 0 aromatic heterocycles. The second-order valence-electron chi connectivity index (χ2n) is 5.10. The van der Waals surface area contributed by atoms with Crippen molar-refractivity contribution in [2.45, 2.75) is 18.9 Å². The van der Waals surface area contributed by atoms with Crippen LogP contribution in [0.2, 0.25) is 0 Å². The first-order valence-electron chi connectivity index (χ1n) is 6.75. The number of hydrogen-bond acceptors (Lipinski definition) is 2. The van der Waals surface area contributed by atoms with Crippen LogP contribution < -0.4 is 5.43 Å². The highest BCUT2D eigenvalue weighted by molar-refractivity contribution is 5.19. The van der Waals surface area contributed by atoms with Crippen molar-refractivity contribution < 1.29 is 0 Å². The lowest BCUT2D eigenvalue weighted by atomic mass is 9.99. The summed E-state index contributed by atoms with van der Waals surface area (Å²) in [6.07, 6.45) is 2.07. The van der Waals surface area contributed by atoms with Crippen LogP contribution >= 0.6 is 0 Å². The molecule has 19 heavy (non-hydrogen) atoms. The topological polar surface area (TPSA) is 15.3 Å². The van der Waals surface area contributed by atoms with Crippen LogP contribution in [-0.4, -0.2) is 25.1 Å². The first-order chi connectivity index (χ1) is 9.24. The van der Waals surface area contributed by atoms with Crippen LogP contribution in [0.1, 0.15) is 11.1 Å². The molecule has 0 unspecified atom stereocenters. The van der Waals surface area contributed by atoms with Gasteiger partial charge in [0.1, 0.15) is 0 Å². The summed E-state index contributed by atoms with van der Waals surface area (Å²) in [4.78, 5) is 0. The van der Waals surface area contributed by atoms with Gasteiger partial charge in [-0.15, -0.1) is 0 Å². The van der Waals surface area contributed by atoms with Crippen molar-refractivity contribution in [2.24, 2.45) is 0 Å². The Bertz CT molecular complexity index is 424. The molecule has 2 aromatic carbocycles. The van der Waals surface area contributed by atoms with Gasteiger partial charge in [-0.2, -0.15) is 0 Å². The Kier molecular flexibility index (Phi) is 5.13. The van der Waals surface area contributed by atoms with Crippen molar-refractivity contribution in [1.82, 2.24) is 10.4 Å². The first-order valence-corrected chi connectivity index (χ1v) is 6.75. The van der Waals surface area contributed by atoms with E-state index in [0.29, 0.717) is 6.04 Å². The number of rotatable bonds is 6. The Labute approximate surface area is 116 Å². The summed E-state index contributed by atoms with van der Waals surface area (Å²) < 4.78 is 0. The van der Waals surface area contributed by atoms with E-state index in [-0.39, 0.29) is 0 Å². The van der Waals surface area contributed by atoms with Gasteiger partial charge < -0.3 is 0 Å². The molecule has 0 radical (unpaired) electrons. The fourth-order valence-electron chi connectivity index (χ4n) is 2.33. The highest BCUT2D eigenvalue weighted by Crippen LogP contribution is 2.09. The van der Waals surface area contributed by atoms with Gasteiger partial charge in [-0.1, -0.05) is 60.7 Å². The SMILES string of the molecule is CN(C)NC(Cc1ccccc1)Cc1ccccc1. The van der Waals surface area contributed by atoms with Crippen molar-refractivity contribution in [3.05, 3.63) is 71.8 Å². The van der Waals surface area contributed by atoms with Crippen LogP contribution in [0.25, 0.3) is 0 Å². The molecule has 100 valence electrons. The van der Waals surface area contributed by atoms with Crippen molar-refractivity contribution in [3.8, 4) is 0 Å². The molecule has 2 nitrogen and oxygen atoms in total. The molecular weight excluding hydrogens is 232 g/mol. The lowest BCUT2D eigenvalue weighted by Gasteiger charge is -2.23. The van der Waals surface area contributed by atoms with Crippen LogP contribution in [0.3, 0.4) is 0 Å². The molecule has 0 aliphatic heterocycles. The van der Waals surface area contributed by atoms with Crippen LogP contribution in [0.4, 0.5) is 0 Å². The molecule has 0 bridgehead atoms. The van der Waals surface area contributed by atoms with Gasteiger partial charge in [0.05, 0.1) is 0 Å². The predicted molar refractivity (Wildman–Crippen MR) is 80.9 cm³/mol. The highest BCUT2D eigenvalue weighted by Gasteiger charge is 2.11. The quantitative estimate of drug-likeness (QED) is 0.797. The van der Waals surface area contributed by atoms with Gasteiger partial charge in [0.25, 0.3) is 0 Å². The lowest BCUT2D eigenvalue weighted by molar-refractivity contribution is 0.239. The zero-order valence-corrected chi connectivity index (χ0v) is 11.7. The maximum atomic E-state index is 3.51. The molecule has 0 amide bonds. The Morgan fingerprint density at radius 1 is 0.789 bits per heavy atom. The fraction of sp³-hybridized carbons (Fsp3) is 0.294. The van der Waals surface area contributed by atoms with E-state index in [1.807, 2.05) is 19.1 Å². The van der Waals surface area contributed by atoms with Gasteiger partial charge in [-0.25, -0.2) is 0 Å². The maximum absolute atomic E-state index is 3.51. The van der Waals surface area contributed by atoms with Gasteiger partial charge in [-0.05, 0) is 24.0 Å². The molecule has 0 aliphatic carbocycles. The zero-order valence-electron chi connectivity index (χ0n) is 11.7. The van der Waals surface area contributed by atoms with Gasteiger partial charge >= 0.3 is 0 Å². The number of hydrazine groups is 1. The number of benzene rings is 2. The third-order valence-corrected chi connectivity index (χ3v) is 3.09. The summed E-state index contributed by atoms with van der Waals surface area (Å²) in [6.45, 7) is 0. The summed E-state index contributed by atoms with van der Waals surface area (Å²) in [5.41, 5.74) is 6.26. The zero-order chi connectivity index (χ0) is 13.5. The molecule has 2 rings (SSSR count). The normalized spacial score (nSPS) is 11.2. The minimum Gasteiger partial charge on any atom is -0.252 e. The van der Waals surface area contributed by atoms with Crippen molar-refractivity contribution >= 4 is 0 Å². The Morgan fingerprint density at radius 2 is 1.21 bits per heavy atom. The van der Waals surface area contributed by atoms with E-state index >= 15 is 0 Å².